The molecule has 3 heterocycles. The minimum absolute atomic E-state index is 0.0272. The van der Waals surface area contributed by atoms with Crippen molar-refractivity contribution in [2.75, 3.05) is 44.3 Å². The number of thiazole rings is 1. The molecule has 5 rings (SSSR count). The van der Waals surface area contributed by atoms with Gasteiger partial charge in [0.1, 0.15) is 52.5 Å². The second-order valence-electron chi connectivity index (χ2n) is 12.9. The van der Waals surface area contributed by atoms with Gasteiger partial charge < -0.3 is 31.2 Å². The minimum Gasteiger partial charge on any atom is -0.490 e. The number of carbonyl (C=O) groups is 2. The molecule has 2 aromatic heterocycles. The molecule has 4 aromatic rings. The fourth-order valence-corrected chi connectivity index (χ4v) is 7.75. The Balaban J connectivity index is 1.25. The van der Waals surface area contributed by atoms with Gasteiger partial charge in [-0.15, -0.1) is 11.3 Å². The minimum atomic E-state index is -0.630. The summed E-state index contributed by atoms with van der Waals surface area (Å²) in [4.78, 5) is 36.6. The van der Waals surface area contributed by atoms with Crippen molar-refractivity contribution in [3.63, 3.8) is 0 Å². The number of nitrogens with two attached hydrogens (primary N) is 2. The lowest BCUT2D eigenvalue weighted by Gasteiger charge is -2.22. The summed E-state index contributed by atoms with van der Waals surface area (Å²) in [5, 5.41) is 28.0. The maximum Gasteiger partial charge on any atom is 0.310 e. The zero-order valence-electron chi connectivity index (χ0n) is 30.2. The SMILES string of the molecule is CC(NCC(=O)C(N)CCN)C(C)C(=O)OCCOc1ccc(-c2c(C#N)c(SCc3csc(-c4ccc(Cl)cc4)n3)nc(N3CCCC3)c2C#N)cc1. The molecule has 1 fully saturated rings. The van der Waals surface area contributed by atoms with Crippen molar-refractivity contribution in [3.05, 3.63) is 75.8 Å². The number of Topliss-reactive ketones (excluding diaryl/α,β-unsaturated/α-hetero) is 1. The van der Waals surface area contributed by atoms with E-state index < -0.39 is 17.9 Å². The Labute approximate surface area is 328 Å². The van der Waals surface area contributed by atoms with Gasteiger partial charge in [0.25, 0.3) is 0 Å². The molecular weight excluding hydrogens is 744 g/mol. The van der Waals surface area contributed by atoms with Gasteiger partial charge in [-0.3, -0.25) is 9.59 Å². The van der Waals surface area contributed by atoms with E-state index in [2.05, 4.69) is 22.4 Å². The maximum absolute atomic E-state index is 12.6. The smallest absolute Gasteiger partial charge is 0.310 e. The monoisotopic (exact) mass is 786 g/mol. The number of hydrogen-bond donors (Lipinski definition) is 3. The normalized spacial score (nSPS) is 14.2. The molecule has 54 heavy (non-hydrogen) atoms. The third-order valence-corrected chi connectivity index (χ3v) is 11.3. The van der Waals surface area contributed by atoms with Crippen LogP contribution in [0.5, 0.6) is 5.75 Å². The van der Waals surface area contributed by atoms with Crippen LogP contribution >= 0.6 is 34.7 Å². The first-order chi connectivity index (χ1) is 26.1. The van der Waals surface area contributed by atoms with Crippen LogP contribution < -0.4 is 26.4 Å². The van der Waals surface area contributed by atoms with Crippen molar-refractivity contribution < 1.29 is 19.1 Å². The van der Waals surface area contributed by atoms with Crippen LogP contribution in [0.15, 0.2) is 58.9 Å². The van der Waals surface area contributed by atoms with E-state index >= 15 is 0 Å². The lowest BCUT2D eigenvalue weighted by Crippen LogP contribution is -2.44. The Bertz CT molecular complexity index is 1990. The predicted octanol–water partition coefficient (Wildman–Crippen LogP) is 5.94. The van der Waals surface area contributed by atoms with Crippen LogP contribution in [-0.4, -0.2) is 73.2 Å². The number of hydrogen-bond acceptors (Lipinski definition) is 14. The number of nitrogens with one attached hydrogen (secondary N) is 1. The van der Waals surface area contributed by atoms with Crippen molar-refractivity contribution in [1.29, 1.82) is 10.5 Å². The third-order valence-electron chi connectivity index (χ3n) is 9.12. The van der Waals surface area contributed by atoms with Crippen LogP contribution in [0.1, 0.15) is 49.9 Å². The van der Waals surface area contributed by atoms with Gasteiger partial charge in [-0.25, -0.2) is 9.97 Å². The van der Waals surface area contributed by atoms with E-state index in [9.17, 15) is 20.1 Å². The van der Waals surface area contributed by atoms with E-state index in [1.54, 1.807) is 26.0 Å². The Morgan fingerprint density at radius 2 is 1.70 bits per heavy atom. The van der Waals surface area contributed by atoms with Crippen LogP contribution in [0.2, 0.25) is 5.02 Å². The number of carbonyl (C=O) groups excluding carboxylic acids is 2. The van der Waals surface area contributed by atoms with Crippen LogP contribution in [0, 0.1) is 28.6 Å². The summed E-state index contributed by atoms with van der Waals surface area (Å²) in [5.41, 5.74) is 15.0. The molecule has 15 heteroatoms. The predicted molar refractivity (Wildman–Crippen MR) is 212 cm³/mol. The molecule has 0 radical (unpaired) electrons. The Hall–Kier alpha value is -4.54. The molecule has 282 valence electrons. The number of ether oxygens (including phenoxy) is 2. The summed E-state index contributed by atoms with van der Waals surface area (Å²) >= 11 is 9.03. The number of aromatic nitrogens is 2. The molecule has 1 aliphatic rings. The van der Waals surface area contributed by atoms with Gasteiger partial charge in [0.05, 0.1) is 29.8 Å². The summed E-state index contributed by atoms with van der Waals surface area (Å²) in [6.45, 7) is 5.61. The van der Waals surface area contributed by atoms with E-state index in [-0.39, 0.29) is 31.6 Å². The number of nitriles is 2. The van der Waals surface area contributed by atoms with Crippen molar-refractivity contribution in [3.8, 4) is 39.6 Å². The number of halogens is 1. The molecule has 0 spiro atoms. The topological polar surface area (TPSA) is 193 Å². The molecule has 2 aromatic carbocycles. The highest BCUT2D eigenvalue weighted by Crippen LogP contribution is 2.40. The highest BCUT2D eigenvalue weighted by molar-refractivity contribution is 7.98. The van der Waals surface area contributed by atoms with Gasteiger partial charge >= 0.3 is 5.97 Å². The van der Waals surface area contributed by atoms with Crippen molar-refractivity contribution in [2.45, 2.75) is 56.0 Å². The van der Waals surface area contributed by atoms with E-state index in [0.29, 0.717) is 62.6 Å². The van der Waals surface area contributed by atoms with Gasteiger partial charge in [-0.2, -0.15) is 10.5 Å². The average Bonchev–Trinajstić information content (AvgIpc) is 3.91. The number of esters is 1. The molecule has 5 N–H and O–H groups in total. The molecule has 12 nitrogen and oxygen atoms in total. The summed E-state index contributed by atoms with van der Waals surface area (Å²) in [5.74, 6) is 0.518. The largest absolute Gasteiger partial charge is 0.490 e. The second kappa shape index (κ2) is 19.7. The Kier molecular flexibility index (Phi) is 14.8. The maximum atomic E-state index is 12.6. The number of ketones is 1. The first kappa shape index (κ1) is 40.6. The summed E-state index contributed by atoms with van der Waals surface area (Å²) in [7, 11) is 0. The zero-order chi connectivity index (χ0) is 38.6. The van der Waals surface area contributed by atoms with Crippen LogP contribution in [0.4, 0.5) is 5.82 Å². The first-order valence-electron chi connectivity index (χ1n) is 17.7. The van der Waals surface area contributed by atoms with Gasteiger partial charge in [0.2, 0.25) is 0 Å². The van der Waals surface area contributed by atoms with E-state index in [1.165, 1.54) is 23.1 Å². The van der Waals surface area contributed by atoms with Gasteiger partial charge in [0, 0.05) is 46.4 Å². The van der Waals surface area contributed by atoms with Crippen molar-refractivity contribution in [2.24, 2.45) is 17.4 Å². The molecule has 0 amide bonds. The summed E-state index contributed by atoms with van der Waals surface area (Å²) in [6, 6.07) is 18.4. The molecule has 1 saturated heterocycles. The number of anilines is 1. The van der Waals surface area contributed by atoms with Crippen LogP contribution in [-0.2, 0) is 20.1 Å². The third kappa shape index (κ3) is 10.4. The number of rotatable bonds is 18. The molecule has 1 aliphatic heterocycles. The van der Waals surface area contributed by atoms with Gasteiger partial charge in [-0.05, 0) is 62.6 Å². The van der Waals surface area contributed by atoms with E-state index in [4.69, 9.17) is 42.5 Å². The molecule has 0 aliphatic carbocycles. The number of thioether (sulfide) groups is 1. The molecular formula is C39H43ClN8O4S2. The fraction of sp³-hybridized carbons (Fsp3) is 0.385. The fourth-order valence-electron chi connectivity index (χ4n) is 5.82. The average molecular weight is 787 g/mol. The summed E-state index contributed by atoms with van der Waals surface area (Å²) in [6.07, 6.45) is 2.40. The number of benzene rings is 2. The summed E-state index contributed by atoms with van der Waals surface area (Å²) < 4.78 is 11.3. The lowest BCUT2D eigenvalue weighted by atomic mass is 9.96. The Morgan fingerprint density at radius 1 is 1.02 bits per heavy atom. The Morgan fingerprint density at radius 3 is 2.37 bits per heavy atom. The number of pyridine rings is 1. The molecule has 0 saturated carbocycles. The van der Waals surface area contributed by atoms with Crippen LogP contribution in [0.3, 0.4) is 0 Å². The second-order valence-corrected chi connectivity index (χ2v) is 15.1. The lowest BCUT2D eigenvalue weighted by molar-refractivity contribution is -0.149. The first-order valence-corrected chi connectivity index (χ1v) is 20.0. The van der Waals surface area contributed by atoms with Crippen LogP contribution in [0.25, 0.3) is 21.7 Å². The number of nitrogens with zero attached hydrogens (tertiary/aromatic N) is 5. The van der Waals surface area contributed by atoms with E-state index in [1.807, 2.05) is 41.8 Å². The van der Waals surface area contributed by atoms with Crippen molar-refractivity contribution in [1.82, 2.24) is 15.3 Å². The molecule has 0 bridgehead atoms. The van der Waals surface area contributed by atoms with Gasteiger partial charge in [0.15, 0.2) is 5.78 Å². The van der Waals surface area contributed by atoms with Crippen molar-refractivity contribution >= 4 is 52.3 Å². The van der Waals surface area contributed by atoms with Gasteiger partial charge in [-0.1, -0.05) is 54.6 Å². The standard InChI is InChI=1S/C39H43ClN8O4S2/c1-24(25(2)45-21-34(49)33(44)13-14-41)39(50)52-18-17-51-30-11-7-26(8-12-30)35-31(19-42)36(48-15-3-4-16-48)47-38(32(35)20-43)54-23-29-22-53-37(46-29)27-5-9-28(40)10-6-27/h5-12,22,24-25,33,45H,3-4,13-18,21,23,41,44H2,1-2H3. The molecule has 3 atom stereocenters. The van der Waals surface area contributed by atoms with E-state index in [0.717, 1.165) is 42.2 Å². The zero-order valence-corrected chi connectivity index (χ0v) is 32.6. The highest BCUT2D eigenvalue weighted by Gasteiger charge is 2.27. The quantitative estimate of drug-likeness (QED) is 0.0610. The highest BCUT2D eigenvalue weighted by atomic mass is 35.5. The molecule has 3 unspecified atom stereocenters.